The minimum atomic E-state index is -1.17. The molecule has 3 N–H and O–H groups in total. The first-order valence-electron chi connectivity index (χ1n) is 7.53. The van der Waals surface area contributed by atoms with Gasteiger partial charge in [0.15, 0.2) is 6.10 Å². The molecule has 9 heteroatoms. The Balaban J connectivity index is 2.41. The minimum absolute atomic E-state index is 0.140. The zero-order chi connectivity index (χ0) is 19.0. The highest BCUT2D eigenvalue weighted by molar-refractivity contribution is 9.10. The number of halogens is 1. The summed E-state index contributed by atoms with van der Waals surface area (Å²) in [5.74, 6) is -2.01. The SMILES string of the molecule is CC(C)NC(=O)NC(=O)C(C)OC(=O)CNC(=O)c1cccc(Br)c1. The van der Waals surface area contributed by atoms with Gasteiger partial charge in [-0.15, -0.1) is 0 Å². The highest BCUT2D eigenvalue weighted by Gasteiger charge is 2.20. The van der Waals surface area contributed by atoms with Crippen molar-refractivity contribution in [2.45, 2.75) is 32.9 Å². The van der Waals surface area contributed by atoms with Gasteiger partial charge in [-0.1, -0.05) is 22.0 Å². The van der Waals surface area contributed by atoms with Crippen molar-refractivity contribution in [3.63, 3.8) is 0 Å². The number of hydrogen-bond acceptors (Lipinski definition) is 5. The first-order chi connectivity index (χ1) is 11.7. The number of ether oxygens (including phenoxy) is 1. The fourth-order valence-corrected chi connectivity index (χ4v) is 2.09. The molecule has 0 spiro atoms. The van der Waals surface area contributed by atoms with Crippen LogP contribution in [-0.2, 0) is 14.3 Å². The molecule has 1 atom stereocenters. The van der Waals surface area contributed by atoms with Gasteiger partial charge >= 0.3 is 12.0 Å². The minimum Gasteiger partial charge on any atom is -0.451 e. The van der Waals surface area contributed by atoms with Gasteiger partial charge in [-0.05, 0) is 39.0 Å². The summed E-state index contributed by atoms with van der Waals surface area (Å²) < 4.78 is 5.60. The lowest BCUT2D eigenvalue weighted by atomic mass is 10.2. The Kier molecular flexibility index (Phi) is 8.06. The average molecular weight is 414 g/mol. The maximum atomic E-state index is 11.9. The van der Waals surface area contributed by atoms with E-state index in [0.717, 1.165) is 4.47 Å². The van der Waals surface area contributed by atoms with Crippen molar-refractivity contribution in [1.29, 1.82) is 0 Å². The number of carbonyl (C=O) groups is 4. The molecular weight excluding hydrogens is 394 g/mol. The zero-order valence-electron chi connectivity index (χ0n) is 14.1. The average Bonchev–Trinajstić information content (AvgIpc) is 2.51. The Hall–Kier alpha value is -2.42. The van der Waals surface area contributed by atoms with E-state index < -0.39 is 36.5 Å². The summed E-state index contributed by atoms with van der Waals surface area (Å²) in [5.41, 5.74) is 0.373. The molecule has 1 rings (SSSR count). The normalized spacial score (nSPS) is 11.4. The second-order valence-corrected chi connectivity index (χ2v) is 6.36. The number of benzene rings is 1. The van der Waals surface area contributed by atoms with Gasteiger partial charge in [0, 0.05) is 16.1 Å². The third kappa shape index (κ3) is 7.79. The lowest BCUT2D eigenvalue weighted by Crippen LogP contribution is -2.47. The topological polar surface area (TPSA) is 114 Å². The first kappa shape index (κ1) is 20.6. The predicted octanol–water partition coefficient (Wildman–Crippen LogP) is 1.34. The molecular formula is C16H20BrN3O5. The van der Waals surface area contributed by atoms with Crippen LogP contribution in [0.2, 0.25) is 0 Å². The molecule has 0 radical (unpaired) electrons. The molecule has 0 fully saturated rings. The summed E-state index contributed by atoms with van der Waals surface area (Å²) in [6.45, 7) is 4.40. The Labute approximate surface area is 153 Å². The van der Waals surface area contributed by atoms with Crippen molar-refractivity contribution in [3.05, 3.63) is 34.3 Å². The molecule has 8 nitrogen and oxygen atoms in total. The number of rotatable bonds is 6. The second kappa shape index (κ2) is 9.77. The Morgan fingerprint density at radius 1 is 1.16 bits per heavy atom. The molecule has 25 heavy (non-hydrogen) atoms. The number of esters is 1. The van der Waals surface area contributed by atoms with Gasteiger partial charge in [0.25, 0.3) is 11.8 Å². The zero-order valence-corrected chi connectivity index (χ0v) is 15.7. The lowest BCUT2D eigenvalue weighted by Gasteiger charge is -2.14. The number of hydrogen-bond donors (Lipinski definition) is 3. The summed E-state index contributed by atoms with van der Waals surface area (Å²) in [6.07, 6.45) is -1.17. The highest BCUT2D eigenvalue weighted by Crippen LogP contribution is 2.11. The maximum absolute atomic E-state index is 11.9. The molecule has 0 heterocycles. The lowest BCUT2D eigenvalue weighted by molar-refractivity contribution is -0.153. The van der Waals surface area contributed by atoms with E-state index in [-0.39, 0.29) is 6.04 Å². The molecule has 0 aliphatic rings. The van der Waals surface area contributed by atoms with E-state index in [2.05, 4.69) is 31.9 Å². The number of urea groups is 1. The van der Waals surface area contributed by atoms with Crippen LogP contribution < -0.4 is 16.0 Å². The predicted molar refractivity (Wildman–Crippen MR) is 93.8 cm³/mol. The van der Waals surface area contributed by atoms with Crippen molar-refractivity contribution in [2.24, 2.45) is 0 Å². The fourth-order valence-electron chi connectivity index (χ4n) is 1.69. The highest BCUT2D eigenvalue weighted by atomic mass is 79.9. The number of imide groups is 1. The van der Waals surface area contributed by atoms with Gasteiger partial charge in [0.1, 0.15) is 6.54 Å². The maximum Gasteiger partial charge on any atom is 0.326 e. The molecule has 4 amide bonds. The second-order valence-electron chi connectivity index (χ2n) is 5.44. The fraction of sp³-hybridized carbons (Fsp3) is 0.375. The standard InChI is InChI=1S/C16H20BrN3O5/c1-9(2)19-16(24)20-14(22)10(3)25-13(21)8-18-15(23)11-5-4-6-12(17)7-11/h4-7,9-10H,8H2,1-3H3,(H,18,23)(H2,19,20,22,24). The van der Waals surface area contributed by atoms with Crippen LogP contribution in [0.15, 0.2) is 28.7 Å². The van der Waals surface area contributed by atoms with Gasteiger partial charge < -0.3 is 15.4 Å². The molecule has 1 aromatic rings. The van der Waals surface area contributed by atoms with Crippen LogP contribution in [0.4, 0.5) is 4.79 Å². The van der Waals surface area contributed by atoms with Gasteiger partial charge in [0.05, 0.1) is 0 Å². The molecule has 0 aromatic heterocycles. The number of amides is 4. The third-order valence-electron chi connectivity index (χ3n) is 2.81. The third-order valence-corrected chi connectivity index (χ3v) is 3.31. The van der Waals surface area contributed by atoms with Crippen LogP contribution in [-0.4, -0.2) is 42.5 Å². The Bertz CT molecular complexity index is 663. The van der Waals surface area contributed by atoms with E-state index in [1.54, 1.807) is 38.1 Å². The number of nitrogens with one attached hydrogen (secondary N) is 3. The van der Waals surface area contributed by atoms with Gasteiger partial charge in [0.2, 0.25) is 0 Å². The van der Waals surface area contributed by atoms with Crippen molar-refractivity contribution in [2.75, 3.05) is 6.54 Å². The molecule has 0 aliphatic heterocycles. The van der Waals surface area contributed by atoms with Gasteiger partial charge in [-0.25, -0.2) is 4.79 Å². The van der Waals surface area contributed by atoms with E-state index in [4.69, 9.17) is 4.74 Å². The van der Waals surface area contributed by atoms with Crippen LogP contribution in [0.25, 0.3) is 0 Å². The smallest absolute Gasteiger partial charge is 0.326 e. The quantitative estimate of drug-likeness (QED) is 0.608. The van der Waals surface area contributed by atoms with Crippen molar-refractivity contribution in [1.82, 2.24) is 16.0 Å². The first-order valence-corrected chi connectivity index (χ1v) is 8.33. The van der Waals surface area contributed by atoms with Crippen molar-refractivity contribution < 1.29 is 23.9 Å². The summed E-state index contributed by atoms with van der Waals surface area (Å²) >= 11 is 3.24. The Morgan fingerprint density at radius 3 is 2.44 bits per heavy atom. The molecule has 0 bridgehead atoms. The molecule has 0 saturated heterocycles. The van der Waals surface area contributed by atoms with E-state index in [0.29, 0.717) is 5.56 Å². The van der Waals surface area contributed by atoms with Crippen LogP contribution in [0, 0.1) is 0 Å². The van der Waals surface area contributed by atoms with Crippen LogP contribution >= 0.6 is 15.9 Å². The molecule has 136 valence electrons. The summed E-state index contributed by atoms with van der Waals surface area (Å²) in [4.78, 5) is 46.7. The van der Waals surface area contributed by atoms with E-state index in [1.165, 1.54) is 6.92 Å². The Morgan fingerprint density at radius 2 is 1.84 bits per heavy atom. The molecule has 1 aromatic carbocycles. The van der Waals surface area contributed by atoms with Crippen molar-refractivity contribution >= 4 is 39.7 Å². The monoisotopic (exact) mass is 413 g/mol. The van der Waals surface area contributed by atoms with Gasteiger partial charge in [-0.2, -0.15) is 0 Å². The molecule has 0 aliphatic carbocycles. The van der Waals surface area contributed by atoms with E-state index in [9.17, 15) is 19.2 Å². The van der Waals surface area contributed by atoms with Crippen LogP contribution in [0.5, 0.6) is 0 Å². The summed E-state index contributed by atoms with van der Waals surface area (Å²) in [6, 6.07) is 5.83. The van der Waals surface area contributed by atoms with Crippen LogP contribution in [0.3, 0.4) is 0 Å². The van der Waals surface area contributed by atoms with E-state index >= 15 is 0 Å². The van der Waals surface area contributed by atoms with Crippen molar-refractivity contribution in [3.8, 4) is 0 Å². The summed E-state index contributed by atoms with van der Waals surface area (Å²) in [5, 5.41) is 6.92. The van der Waals surface area contributed by atoms with Crippen LogP contribution in [0.1, 0.15) is 31.1 Å². The van der Waals surface area contributed by atoms with Gasteiger partial charge in [-0.3, -0.25) is 19.7 Å². The number of carbonyl (C=O) groups excluding carboxylic acids is 4. The molecule has 1 unspecified atom stereocenters. The summed E-state index contributed by atoms with van der Waals surface area (Å²) in [7, 11) is 0. The van der Waals surface area contributed by atoms with E-state index in [1.807, 2.05) is 0 Å². The molecule has 0 saturated carbocycles. The largest absolute Gasteiger partial charge is 0.451 e.